The first kappa shape index (κ1) is 14.5. The quantitative estimate of drug-likeness (QED) is 0.849. The Morgan fingerprint density at radius 2 is 2.00 bits per heavy atom. The maximum absolute atomic E-state index is 8.94. The molecule has 0 bridgehead atoms. The van der Waals surface area contributed by atoms with Crippen molar-refractivity contribution in [2.45, 2.75) is 51.9 Å². The molecule has 0 N–H and O–H groups in total. The number of nitriles is 1. The SMILES string of the molecule is CC(C)(C)c1nc(CCN2CCCC2)sc1CC#N. The molecule has 1 aliphatic heterocycles. The van der Waals surface area contributed by atoms with E-state index in [4.69, 9.17) is 10.2 Å². The van der Waals surface area contributed by atoms with Gasteiger partial charge in [-0.3, -0.25) is 0 Å². The topological polar surface area (TPSA) is 39.9 Å². The van der Waals surface area contributed by atoms with E-state index < -0.39 is 0 Å². The van der Waals surface area contributed by atoms with E-state index in [1.165, 1.54) is 30.9 Å². The van der Waals surface area contributed by atoms with Crippen LogP contribution in [-0.2, 0) is 18.3 Å². The Kier molecular flexibility index (Phi) is 4.59. The van der Waals surface area contributed by atoms with Gasteiger partial charge in [-0.25, -0.2) is 4.98 Å². The van der Waals surface area contributed by atoms with Gasteiger partial charge in [-0.15, -0.1) is 11.3 Å². The Balaban J connectivity index is 2.06. The lowest BCUT2D eigenvalue weighted by molar-refractivity contribution is 0.343. The Labute approximate surface area is 120 Å². The van der Waals surface area contributed by atoms with Gasteiger partial charge in [0.05, 0.1) is 23.2 Å². The van der Waals surface area contributed by atoms with Crippen LogP contribution in [0.3, 0.4) is 0 Å². The zero-order chi connectivity index (χ0) is 13.9. The molecule has 2 rings (SSSR count). The van der Waals surface area contributed by atoms with Crippen molar-refractivity contribution in [3.63, 3.8) is 0 Å². The summed E-state index contributed by atoms with van der Waals surface area (Å²) >= 11 is 1.73. The second kappa shape index (κ2) is 6.02. The second-order valence-corrected chi connectivity index (χ2v) is 7.43. The average Bonchev–Trinajstić information content (AvgIpc) is 2.94. The van der Waals surface area contributed by atoms with Crippen LogP contribution in [0.15, 0.2) is 0 Å². The lowest BCUT2D eigenvalue weighted by Gasteiger charge is -2.16. The van der Waals surface area contributed by atoms with Gasteiger partial charge in [-0.2, -0.15) is 5.26 Å². The molecule has 0 spiro atoms. The number of hydrogen-bond acceptors (Lipinski definition) is 4. The minimum Gasteiger partial charge on any atom is -0.303 e. The van der Waals surface area contributed by atoms with Crippen LogP contribution in [0.4, 0.5) is 0 Å². The first-order valence-corrected chi connectivity index (χ1v) is 7.90. The van der Waals surface area contributed by atoms with Crippen LogP contribution in [0.1, 0.15) is 49.2 Å². The Morgan fingerprint density at radius 3 is 2.58 bits per heavy atom. The second-order valence-electron chi connectivity index (χ2n) is 6.26. The fraction of sp³-hybridized carbons (Fsp3) is 0.733. The molecule has 0 amide bonds. The number of thiazole rings is 1. The Bertz CT molecular complexity index is 459. The fourth-order valence-electron chi connectivity index (χ4n) is 2.54. The molecule has 4 heteroatoms. The number of rotatable bonds is 4. The summed E-state index contributed by atoms with van der Waals surface area (Å²) in [6, 6.07) is 2.27. The van der Waals surface area contributed by atoms with Crippen LogP contribution in [0, 0.1) is 11.3 Å². The highest BCUT2D eigenvalue weighted by Crippen LogP contribution is 2.30. The first-order chi connectivity index (χ1) is 9.00. The normalized spacial score (nSPS) is 16.7. The summed E-state index contributed by atoms with van der Waals surface area (Å²) in [7, 11) is 0. The van der Waals surface area contributed by atoms with Gasteiger partial charge in [0.15, 0.2) is 0 Å². The van der Waals surface area contributed by atoms with Gasteiger partial charge in [0, 0.05) is 23.3 Å². The molecular weight excluding hydrogens is 254 g/mol. The van der Waals surface area contributed by atoms with E-state index in [0.29, 0.717) is 6.42 Å². The fourth-order valence-corrected chi connectivity index (χ4v) is 3.74. The van der Waals surface area contributed by atoms with Crippen LogP contribution >= 0.6 is 11.3 Å². The molecule has 0 saturated carbocycles. The van der Waals surface area contributed by atoms with Crippen LogP contribution in [-0.4, -0.2) is 29.5 Å². The molecule has 1 aromatic rings. The molecule has 2 heterocycles. The summed E-state index contributed by atoms with van der Waals surface area (Å²) in [6.07, 6.45) is 4.20. The third kappa shape index (κ3) is 3.77. The Hall–Kier alpha value is -0.920. The minimum atomic E-state index is 0.0363. The molecular formula is C15H23N3S. The van der Waals surface area contributed by atoms with E-state index in [2.05, 4.69) is 31.7 Å². The summed E-state index contributed by atoms with van der Waals surface area (Å²) in [5.74, 6) is 0. The van der Waals surface area contributed by atoms with Gasteiger partial charge < -0.3 is 4.90 Å². The summed E-state index contributed by atoms with van der Waals surface area (Å²) in [5, 5.41) is 10.1. The Morgan fingerprint density at radius 1 is 1.32 bits per heavy atom. The molecule has 104 valence electrons. The van der Waals surface area contributed by atoms with E-state index in [0.717, 1.165) is 23.5 Å². The summed E-state index contributed by atoms with van der Waals surface area (Å²) < 4.78 is 0. The van der Waals surface area contributed by atoms with Crippen LogP contribution in [0.5, 0.6) is 0 Å². The summed E-state index contributed by atoms with van der Waals surface area (Å²) in [4.78, 5) is 8.48. The maximum atomic E-state index is 8.94. The van der Waals surface area contributed by atoms with Crippen molar-refractivity contribution in [1.29, 1.82) is 5.26 Å². The van der Waals surface area contributed by atoms with Gasteiger partial charge in [0.2, 0.25) is 0 Å². The van der Waals surface area contributed by atoms with Gasteiger partial charge in [0.25, 0.3) is 0 Å². The lowest BCUT2D eigenvalue weighted by atomic mass is 9.91. The van der Waals surface area contributed by atoms with Gasteiger partial charge in [-0.05, 0) is 25.9 Å². The average molecular weight is 277 g/mol. The van der Waals surface area contributed by atoms with Crippen molar-refractivity contribution in [2.24, 2.45) is 0 Å². The number of hydrogen-bond donors (Lipinski definition) is 0. The zero-order valence-electron chi connectivity index (χ0n) is 12.2. The van der Waals surface area contributed by atoms with Gasteiger partial charge in [-0.1, -0.05) is 20.8 Å². The number of aromatic nitrogens is 1. The van der Waals surface area contributed by atoms with E-state index in [1.54, 1.807) is 11.3 Å². The molecule has 0 radical (unpaired) electrons. The minimum absolute atomic E-state index is 0.0363. The third-order valence-electron chi connectivity index (χ3n) is 3.53. The maximum Gasteiger partial charge on any atom is 0.0944 e. The predicted octanol–water partition coefficient (Wildman–Crippen LogP) is 3.14. The standard InChI is InChI=1S/C15H23N3S/c1-15(2,3)14-12(6-8-16)19-13(17-14)7-11-18-9-4-5-10-18/h4-7,9-11H2,1-3H3. The molecule has 0 aliphatic carbocycles. The largest absolute Gasteiger partial charge is 0.303 e. The molecule has 1 aromatic heterocycles. The van der Waals surface area contributed by atoms with Crippen molar-refractivity contribution in [3.05, 3.63) is 15.6 Å². The first-order valence-electron chi connectivity index (χ1n) is 7.09. The highest BCUT2D eigenvalue weighted by Gasteiger charge is 2.23. The van der Waals surface area contributed by atoms with Crippen molar-refractivity contribution in [2.75, 3.05) is 19.6 Å². The van der Waals surface area contributed by atoms with Gasteiger partial charge in [0.1, 0.15) is 0 Å². The van der Waals surface area contributed by atoms with Crippen LogP contribution in [0.25, 0.3) is 0 Å². The monoisotopic (exact) mass is 277 g/mol. The van der Waals surface area contributed by atoms with Crippen LogP contribution < -0.4 is 0 Å². The van der Waals surface area contributed by atoms with E-state index in [9.17, 15) is 0 Å². The predicted molar refractivity (Wildman–Crippen MR) is 79.5 cm³/mol. The lowest BCUT2D eigenvalue weighted by Crippen LogP contribution is -2.22. The summed E-state index contributed by atoms with van der Waals surface area (Å²) in [6.45, 7) is 10.1. The van der Waals surface area contributed by atoms with E-state index in [-0.39, 0.29) is 5.41 Å². The molecule has 0 unspecified atom stereocenters. The molecule has 1 saturated heterocycles. The molecule has 0 aromatic carbocycles. The van der Waals surface area contributed by atoms with E-state index >= 15 is 0 Å². The molecule has 1 aliphatic rings. The van der Waals surface area contributed by atoms with E-state index in [1.807, 2.05) is 0 Å². The highest BCUT2D eigenvalue weighted by molar-refractivity contribution is 7.11. The van der Waals surface area contributed by atoms with Crippen LogP contribution in [0.2, 0.25) is 0 Å². The molecule has 1 fully saturated rings. The summed E-state index contributed by atoms with van der Waals surface area (Å²) in [5.41, 5.74) is 1.16. The van der Waals surface area contributed by atoms with Crippen molar-refractivity contribution >= 4 is 11.3 Å². The number of likely N-dealkylation sites (tertiary alicyclic amines) is 1. The third-order valence-corrected chi connectivity index (χ3v) is 4.65. The zero-order valence-corrected chi connectivity index (χ0v) is 13.0. The smallest absolute Gasteiger partial charge is 0.0944 e. The molecule has 3 nitrogen and oxygen atoms in total. The van der Waals surface area contributed by atoms with Gasteiger partial charge >= 0.3 is 0 Å². The van der Waals surface area contributed by atoms with Crippen molar-refractivity contribution in [1.82, 2.24) is 9.88 Å². The molecule has 0 atom stereocenters. The number of nitrogens with zero attached hydrogens (tertiary/aromatic N) is 3. The van der Waals surface area contributed by atoms with Crippen molar-refractivity contribution < 1.29 is 0 Å². The molecule has 19 heavy (non-hydrogen) atoms. The highest BCUT2D eigenvalue weighted by atomic mass is 32.1. The van der Waals surface area contributed by atoms with Crippen molar-refractivity contribution in [3.8, 4) is 6.07 Å².